The number of ether oxygens (including phenoxy) is 2. The first-order valence-electron chi connectivity index (χ1n) is 10.0. The van der Waals surface area contributed by atoms with Gasteiger partial charge < -0.3 is 19.1 Å². The number of amides is 2. The summed E-state index contributed by atoms with van der Waals surface area (Å²) >= 11 is 11.7. The van der Waals surface area contributed by atoms with Crippen LogP contribution < -0.4 is 20.6 Å². The maximum atomic E-state index is 11.4. The molecule has 2 amide bonds. The molecule has 0 aliphatic rings. The van der Waals surface area contributed by atoms with Crippen LogP contribution in [0.15, 0.2) is 36.4 Å². The van der Waals surface area contributed by atoms with Crippen molar-refractivity contribution in [3.63, 3.8) is 0 Å². The van der Waals surface area contributed by atoms with Gasteiger partial charge in [-0.1, -0.05) is 23.2 Å². The van der Waals surface area contributed by atoms with Crippen LogP contribution in [0.3, 0.4) is 0 Å². The Morgan fingerprint density at radius 1 is 0.743 bits per heavy atom. The van der Waals surface area contributed by atoms with E-state index in [4.69, 9.17) is 37.6 Å². The molecule has 0 saturated carbocycles. The number of hydroxylamine groups is 2. The second kappa shape index (κ2) is 13.4. The lowest BCUT2D eigenvalue weighted by Crippen LogP contribution is -2.34. The SMILES string of the molecule is CC(=O)c1ccc(Cl)c(ONC(=O)OC(C)(C)C)c1.COC(=O)NOc1cc(C(C)=O)ccc1Cl. The van der Waals surface area contributed by atoms with Crippen LogP contribution in [-0.4, -0.2) is 36.5 Å². The van der Waals surface area contributed by atoms with E-state index in [-0.39, 0.29) is 33.1 Å². The van der Waals surface area contributed by atoms with Crippen LogP contribution in [0.2, 0.25) is 10.0 Å². The molecule has 0 unspecified atom stereocenters. The molecule has 0 aliphatic carbocycles. The highest BCUT2D eigenvalue weighted by atomic mass is 35.5. The summed E-state index contributed by atoms with van der Waals surface area (Å²) in [6.07, 6.45) is -1.50. The molecule has 0 aromatic heterocycles. The third-order valence-corrected chi connectivity index (χ3v) is 4.37. The first kappa shape index (κ1) is 29.5. The quantitative estimate of drug-likeness (QED) is 0.368. The van der Waals surface area contributed by atoms with E-state index in [9.17, 15) is 19.2 Å². The molecule has 0 spiro atoms. The molecule has 2 N–H and O–H groups in total. The molecule has 12 heteroatoms. The van der Waals surface area contributed by atoms with Crippen molar-refractivity contribution in [2.45, 2.75) is 40.2 Å². The van der Waals surface area contributed by atoms with E-state index < -0.39 is 17.8 Å². The zero-order valence-electron chi connectivity index (χ0n) is 20.0. The van der Waals surface area contributed by atoms with Gasteiger partial charge in [0.1, 0.15) is 5.60 Å². The number of carbonyl (C=O) groups is 4. The van der Waals surface area contributed by atoms with E-state index >= 15 is 0 Å². The number of hydrogen-bond acceptors (Lipinski definition) is 8. The highest BCUT2D eigenvalue weighted by molar-refractivity contribution is 6.32. The summed E-state index contributed by atoms with van der Waals surface area (Å²) < 4.78 is 9.30. The van der Waals surface area contributed by atoms with Crippen molar-refractivity contribution in [1.82, 2.24) is 11.0 Å². The van der Waals surface area contributed by atoms with Gasteiger partial charge in [-0.05, 0) is 71.0 Å². The van der Waals surface area contributed by atoms with Crippen molar-refractivity contribution < 1.29 is 38.3 Å². The summed E-state index contributed by atoms with van der Waals surface area (Å²) in [6.45, 7) is 8.04. The maximum absolute atomic E-state index is 11.4. The van der Waals surface area contributed by atoms with Crippen LogP contribution in [0.1, 0.15) is 55.3 Å². The Labute approximate surface area is 212 Å². The molecule has 10 nitrogen and oxygen atoms in total. The molecule has 0 aliphatic heterocycles. The number of benzene rings is 2. The van der Waals surface area contributed by atoms with Gasteiger partial charge in [-0.15, -0.1) is 0 Å². The molecule has 2 rings (SSSR count). The smallest absolute Gasteiger partial charge is 0.441 e. The summed E-state index contributed by atoms with van der Waals surface area (Å²) in [7, 11) is 1.20. The standard InChI is InChI=1S/C13H16ClNO4.C10H10ClNO4/c1-8(16)9-5-6-10(14)11(7-9)19-15-12(17)18-13(2,3)4;1-6(13)7-3-4-8(11)9(5-7)16-12-10(14)15-2/h5-7H,1-4H3,(H,15,17);3-5H,1-2H3,(H,12,14). The number of hydrogen-bond donors (Lipinski definition) is 2. The van der Waals surface area contributed by atoms with Crippen molar-refractivity contribution in [3.05, 3.63) is 57.6 Å². The Bertz CT molecular complexity index is 1080. The maximum Gasteiger partial charge on any atom is 0.441 e. The lowest BCUT2D eigenvalue weighted by atomic mass is 10.1. The Balaban J connectivity index is 0.000000355. The Morgan fingerprint density at radius 2 is 1.14 bits per heavy atom. The first-order chi connectivity index (χ1) is 16.2. The van der Waals surface area contributed by atoms with Gasteiger partial charge in [0.05, 0.1) is 17.2 Å². The minimum Gasteiger partial charge on any atom is -0.451 e. The zero-order chi connectivity index (χ0) is 26.8. The minimum atomic E-state index is -0.760. The fourth-order valence-corrected chi connectivity index (χ4v) is 2.45. The number of Topliss-reactive ketones (excluding diaryl/α,β-unsaturated/α-hetero) is 2. The van der Waals surface area contributed by atoms with Gasteiger partial charge in [0.25, 0.3) is 0 Å². The van der Waals surface area contributed by atoms with Gasteiger partial charge in [0.2, 0.25) is 0 Å². The number of halogens is 2. The van der Waals surface area contributed by atoms with Gasteiger partial charge in [0.15, 0.2) is 23.1 Å². The Morgan fingerprint density at radius 3 is 1.49 bits per heavy atom. The third kappa shape index (κ3) is 11.0. The fraction of sp³-hybridized carbons (Fsp3) is 0.304. The molecule has 0 radical (unpaired) electrons. The van der Waals surface area contributed by atoms with Gasteiger partial charge in [0, 0.05) is 11.1 Å². The van der Waals surface area contributed by atoms with Crippen molar-refractivity contribution in [2.24, 2.45) is 0 Å². The number of nitrogens with one attached hydrogen (secondary N) is 2. The number of rotatable bonds is 6. The second-order valence-corrected chi connectivity index (χ2v) is 8.62. The fourth-order valence-electron chi connectivity index (χ4n) is 2.14. The summed E-state index contributed by atoms with van der Waals surface area (Å²) in [4.78, 5) is 54.4. The summed E-state index contributed by atoms with van der Waals surface area (Å²) in [5.74, 6) is 0.110. The number of carbonyl (C=O) groups excluding carboxylic acids is 4. The van der Waals surface area contributed by atoms with Gasteiger partial charge in [-0.2, -0.15) is 11.0 Å². The molecule has 0 fully saturated rings. The molecule has 0 heterocycles. The molecule has 2 aromatic rings. The highest BCUT2D eigenvalue weighted by Gasteiger charge is 2.17. The second-order valence-electron chi connectivity index (χ2n) is 7.80. The lowest BCUT2D eigenvalue weighted by molar-refractivity contribution is 0.0287. The topological polar surface area (TPSA) is 129 Å². The minimum absolute atomic E-state index is 0.125. The van der Waals surface area contributed by atoms with Crippen LogP contribution in [-0.2, 0) is 9.47 Å². The Kier molecular flexibility index (Phi) is 11.3. The van der Waals surface area contributed by atoms with Crippen molar-refractivity contribution >= 4 is 47.0 Å². The molecule has 2 aromatic carbocycles. The average molecular weight is 529 g/mol. The average Bonchev–Trinajstić information content (AvgIpc) is 2.76. The van der Waals surface area contributed by atoms with Crippen LogP contribution in [0.25, 0.3) is 0 Å². The van der Waals surface area contributed by atoms with Crippen molar-refractivity contribution in [2.75, 3.05) is 7.11 Å². The predicted octanol–water partition coefficient (Wildman–Crippen LogP) is 5.55. The van der Waals surface area contributed by atoms with Gasteiger partial charge in [-0.3, -0.25) is 9.59 Å². The lowest BCUT2D eigenvalue weighted by Gasteiger charge is -2.19. The van der Waals surface area contributed by atoms with Crippen LogP contribution in [0.5, 0.6) is 11.5 Å². The molecule has 0 atom stereocenters. The number of ketones is 2. The van der Waals surface area contributed by atoms with Gasteiger partial charge >= 0.3 is 12.2 Å². The summed E-state index contributed by atoms with van der Waals surface area (Å²) in [5, 5.41) is 0.558. The molecular formula is C23H26Cl2N2O8. The van der Waals surface area contributed by atoms with Crippen LogP contribution in [0.4, 0.5) is 9.59 Å². The predicted molar refractivity (Wildman–Crippen MR) is 129 cm³/mol. The monoisotopic (exact) mass is 528 g/mol. The first-order valence-corrected chi connectivity index (χ1v) is 10.8. The normalized spacial score (nSPS) is 10.2. The molecule has 35 heavy (non-hydrogen) atoms. The van der Waals surface area contributed by atoms with E-state index in [0.717, 1.165) is 0 Å². The van der Waals surface area contributed by atoms with E-state index in [1.807, 2.05) is 5.48 Å². The van der Waals surface area contributed by atoms with Crippen molar-refractivity contribution in [1.29, 1.82) is 0 Å². The molecule has 0 bridgehead atoms. The molecule has 0 saturated heterocycles. The van der Waals surface area contributed by atoms with Crippen LogP contribution in [0, 0.1) is 0 Å². The van der Waals surface area contributed by atoms with Crippen molar-refractivity contribution in [3.8, 4) is 11.5 Å². The van der Waals surface area contributed by atoms with Crippen LogP contribution >= 0.6 is 23.2 Å². The van der Waals surface area contributed by atoms with E-state index in [1.165, 1.54) is 45.2 Å². The molecular weight excluding hydrogens is 503 g/mol. The van der Waals surface area contributed by atoms with E-state index in [2.05, 4.69) is 10.2 Å². The Hall–Kier alpha value is -3.50. The summed E-state index contributed by atoms with van der Waals surface area (Å²) in [6, 6.07) is 9.04. The van der Waals surface area contributed by atoms with E-state index in [1.54, 1.807) is 32.9 Å². The zero-order valence-corrected chi connectivity index (χ0v) is 21.5. The number of methoxy groups -OCH3 is 1. The van der Waals surface area contributed by atoms with Gasteiger partial charge in [-0.25, -0.2) is 9.59 Å². The van der Waals surface area contributed by atoms with E-state index in [0.29, 0.717) is 11.1 Å². The largest absolute Gasteiger partial charge is 0.451 e. The third-order valence-electron chi connectivity index (χ3n) is 3.75. The molecule has 190 valence electrons. The highest BCUT2D eigenvalue weighted by Crippen LogP contribution is 2.26. The summed E-state index contributed by atoms with van der Waals surface area (Å²) in [5.41, 5.74) is 4.35.